The number of carboxylic acid groups (broad SMARTS) is 1. The van der Waals surface area contributed by atoms with Crippen LogP contribution in [0.5, 0.6) is 0 Å². The Morgan fingerprint density at radius 1 is 1.42 bits per heavy atom. The van der Waals surface area contributed by atoms with Gasteiger partial charge in [0.15, 0.2) is 6.10 Å². The number of amides is 3. The van der Waals surface area contributed by atoms with Crippen LogP contribution in [0.2, 0.25) is 0 Å². The Morgan fingerprint density at radius 3 is 2.47 bits per heavy atom. The lowest BCUT2D eigenvalue weighted by Gasteiger charge is -2.18. The summed E-state index contributed by atoms with van der Waals surface area (Å²) in [6, 6.07) is -1.58. The summed E-state index contributed by atoms with van der Waals surface area (Å²) in [6.07, 6.45) is 1.14. The Labute approximate surface area is 115 Å². The number of ether oxygens (including phenoxy) is 1. The summed E-state index contributed by atoms with van der Waals surface area (Å²) in [5.74, 6) is -1.01. The maximum atomic E-state index is 11.8. The zero-order valence-corrected chi connectivity index (χ0v) is 11.7. The van der Waals surface area contributed by atoms with Crippen molar-refractivity contribution in [3.63, 3.8) is 0 Å². The summed E-state index contributed by atoms with van der Waals surface area (Å²) in [6.45, 7) is -0.180. The number of methoxy groups -OCH3 is 1. The van der Waals surface area contributed by atoms with Crippen LogP contribution in [-0.4, -0.2) is 60.8 Å². The molecule has 0 saturated heterocycles. The van der Waals surface area contributed by atoms with Crippen molar-refractivity contribution >= 4 is 29.7 Å². The summed E-state index contributed by atoms with van der Waals surface area (Å²) in [5.41, 5.74) is 4.98. The number of carbonyl (C=O) groups is 3. The predicted octanol–water partition coefficient (Wildman–Crippen LogP) is -1.01. The van der Waals surface area contributed by atoms with E-state index in [0.29, 0.717) is 12.2 Å². The standard InChI is InChI=1S/C10H19N3O5S/c1-18-7(9(15)16)5-12-8(14)6(3-4-19-2)13-10(11)17/h6-7H,3-5H2,1-2H3,(H,12,14)(H,15,16)(H3,11,13,17). The molecule has 0 aliphatic heterocycles. The van der Waals surface area contributed by atoms with Gasteiger partial charge in [-0.25, -0.2) is 9.59 Å². The number of carbonyl (C=O) groups excluding carboxylic acids is 2. The van der Waals surface area contributed by atoms with Gasteiger partial charge in [-0.1, -0.05) is 0 Å². The highest BCUT2D eigenvalue weighted by atomic mass is 32.2. The van der Waals surface area contributed by atoms with Gasteiger partial charge in [0.2, 0.25) is 5.91 Å². The fourth-order valence-corrected chi connectivity index (χ4v) is 1.74. The molecule has 0 aliphatic carbocycles. The van der Waals surface area contributed by atoms with Crippen LogP contribution in [0.4, 0.5) is 4.79 Å². The SMILES string of the molecule is COC(CNC(=O)C(CCSC)NC(N)=O)C(=O)O. The molecule has 9 heteroatoms. The first-order valence-electron chi connectivity index (χ1n) is 5.50. The molecule has 0 radical (unpaired) electrons. The molecule has 0 fully saturated rings. The van der Waals surface area contributed by atoms with Crippen molar-refractivity contribution in [2.75, 3.05) is 25.7 Å². The quantitative estimate of drug-likeness (QED) is 0.431. The van der Waals surface area contributed by atoms with Gasteiger partial charge >= 0.3 is 12.0 Å². The molecule has 0 aromatic carbocycles. The first-order valence-corrected chi connectivity index (χ1v) is 6.90. The first-order chi connectivity index (χ1) is 8.92. The van der Waals surface area contributed by atoms with Crippen LogP contribution < -0.4 is 16.4 Å². The van der Waals surface area contributed by atoms with Gasteiger partial charge in [-0.05, 0) is 18.4 Å². The maximum absolute atomic E-state index is 11.8. The molecular weight excluding hydrogens is 274 g/mol. The summed E-state index contributed by atoms with van der Waals surface area (Å²) in [4.78, 5) is 33.3. The van der Waals surface area contributed by atoms with E-state index in [1.807, 2.05) is 6.26 Å². The summed E-state index contributed by atoms with van der Waals surface area (Å²) >= 11 is 1.52. The van der Waals surface area contributed by atoms with Gasteiger partial charge in [0.05, 0.1) is 6.54 Å². The monoisotopic (exact) mass is 293 g/mol. The number of nitrogens with two attached hydrogens (primary N) is 1. The number of hydrogen-bond donors (Lipinski definition) is 4. The van der Waals surface area contributed by atoms with Crippen LogP contribution >= 0.6 is 11.8 Å². The zero-order valence-electron chi connectivity index (χ0n) is 10.8. The molecule has 0 aliphatic rings. The summed E-state index contributed by atoms with van der Waals surface area (Å²) in [5, 5.41) is 13.5. The molecular formula is C10H19N3O5S. The Hall–Kier alpha value is -1.48. The van der Waals surface area contributed by atoms with Crippen LogP contribution in [0, 0.1) is 0 Å². The zero-order chi connectivity index (χ0) is 14.8. The molecule has 0 aromatic heterocycles. The second-order valence-corrected chi connectivity index (χ2v) is 4.64. The molecule has 110 valence electrons. The maximum Gasteiger partial charge on any atom is 0.334 e. The van der Waals surface area contributed by atoms with Crippen LogP contribution in [0.3, 0.4) is 0 Å². The van der Waals surface area contributed by atoms with Crippen molar-refractivity contribution in [1.82, 2.24) is 10.6 Å². The van der Waals surface area contributed by atoms with Crippen molar-refractivity contribution in [3.8, 4) is 0 Å². The molecule has 8 nitrogen and oxygen atoms in total. The average molecular weight is 293 g/mol. The van der Waals surface area contributed by atoms with Gasteiger partial charge in [0.1, 0.15) is 6.04 Å². The predicted molar refractivity (Wildman–Crippen MR) is 70.9 cm³/mol. The van der Waals surface area contributed by atoms with Gasteiger partial charge in [-0.2, -0.15) is 11.8 Å². The normalized spacial score (nSPS) is 13.4. The smallest absolute Gasteiger partial charge is 0.334 e. The van der Waals surface area contributed by atoms with E-state index in [1.165, 1.54) is 18.9 Å². The van der Waals surface area contributed by atoms with Crippen LogP contribution in [-0.2, 0) is 14.3 Å². The number of carboxylic acids is 1. The van der Waals surface area contributed by atoms with Crippen LogP contribution in [0.25, 0.3) is 0 Å². The molecule has 5 N–H and O–H groups in total. The first kappa shape index (κ1) is 17.5. The summed E-state index contributed by atoms with van der Waals surface area (Å²) in [7, 11) is 1.23. The molecule has 3 amide bonds. The third kappa shape index (κ3) is 7.52. The average Bonchev–Trinajstić information content (AvgIpc) is 2.34. The van der Waals surface area contributed by atoms with E-state index in [9.17, 15) is 14.4 Å². The Balaban J connectivity index is 4.37. The van der Waals surface area contributed by atoms with Crippen LogP contribution in [0.15, 0.2) is 0 Å². The number of urea groups is 1. The van der Waals surface area contributed by atoms with E-state index in [1.54, 1.807) is 0 Å². The van der Waals surface area contributed by atoms with Crippen molar-refractivity contribution in [1.29, 1.82) is 0 Å². The molecule has 0 bridgehead atoms. The largest absolute Gasteiger partial charge is 0.479 e. The van der Waals surface area contributed by atoms with Gasteiger partial charge < -0.3 is 26.2 Å². The van der Waals surface area contributed by atoms with Crippen molar-refractivity contribution in [3.05, 3.63) is 0 Å². The second kappa shape index (κ2) is 9.45. The third-order valence-corrected chi connectivity index (χ3v) is 2.91. The van der Waals surface area contributed by atoms with Crippen molar-refractivity contribution < 1.29 is 24.2 Å². The molecule has 0 saturated carbocycles. The number of hydrogen-bond acceptors (Lipinski definition) is 5. The van der Waals surface area contributed by atoms with Gasteiger partial charge in [-0.15, -0.1) is 0 Å². The number of nitrogens with one attached hydrogen (secondary N) is 2. The molecule has 2 atom stereocenters. The van der Waals surface area contributed by atoms with E-state index in [0.717, 1.165) is 0 Å². The molecule has 0 heterocycles. The topological polar surface area (TPSA) is 131 Å². The van der Waals surface area contributed by atoms with E-state index in [4.69, 9.17) is 10.8 Å². The fourth-order valence-electron chi connectivity index (χ4n) is 1.26. The molecule has 19 heavy (non-hydrogen) atoms. The van der Waals surface area contributed by atoms with E-state index in [-0.39, 0.29) is 6.54 Å². The van der Waals surface area contributed by atoms with Gasteiger partial charge in [0, 0.05) is 7.11 Å². The van der Waals surface area contributed by atoms with E-state index in [2.05, 4.69) is 15.4 Å². The van der Waals surface area contributed by atoms with Crippen LogP contribution in [0.1, 0.15) is 6.42 Å². The minimum absolute atomic E-state index is 0.180. The Kier molecular flexibility index (Phi) is 8.71. The van der Waals surface area contributed by atoms with E-state index >= 15 is 0 Å². The number of aliphatic carboxylic acids is 1. The molecule has 0 spiro atoms. The fraction of sp³-hybridized carbons (Fsp3) is 0.700. The number of primary amides is 1. The minimum Gasteiger partial charge on any atom is -0.479 e. The van der Waals surface area contributed by atoms with Crippen molar-refractivity contribution in [2.45, 2.75) is 18.6 Å². The lowest BCUT2D eigenvalue weighted by atomic mass is 10.2. The van der Waals surface area contributed by atoms with Gasteiger partial charge in [0.25, 0.3) is 0 Å². The Bertz CT molecular complexity index is 326. The third-order valence-electron chi connectivity index (χ3n) is 2.27. The highest BCUT2D eigenvalue weighted by Crippen LogP contribution is 2.01. The molecule has 2 unspecified atom stereocenters. The number of rotatable bonds is 9. The van der Waals surface area contributed by atoms with Crippen molar-refractivity contribution in [2.24, 2.45) is 5.73 Å². The highest BCUT2D eigenvalue weighted by Gasteiger charge is 2.22. The molecule has 0 rings (SSSR count). The minimum atomic E-state index is -1.17. The highest BCUT2D eigenvalue weighted by molar-refractivity contribution is 7.98. The second-order valence-electron chi connectivity index (χ2n) is 3.65. The Morgan fingerprint density at radius 2 is 2.05 bits per heavy atom. The number of thioether (sulfide) groups is 1. The lowest BCUT2D eigenvalue weighted by molar-refractivity contribution is -0.148. The van der Waals surface area contributed by atoms with E-state index < -0.39 is 30.1 Å². The molecule has 0 aromatic rings. The van der Waals surface area contributed by atoms with Gasteiger partial charge in [-0.3, -0.25) is 4.79 Å². The summed E-state index contributed by atoms with van der Waals surface area (Å²) < 4.78 is 4.67. The lowest BCUT2D eigenvalue weighted by Crippen LogP contribution is -2.50.